The van der Waals surface area contributed by atoms with E-state index in [4.69, 9.17) is 10.7 Å². The number of halogens is 1. The van der Waals surface area contributed by atoms with Crippen molar-refractivity contribution in [2.45, 2.75) is 23.5 Å². The maximum Gasteiger partial charge on any atom is 0.238 e. The van der Waals surface area contributed by atoms with Crippen LogP contribution in [0.25, 0.3) is 10.4 Å². The van der Waals surface area contributed by atoms with Gasteiger partial charge in [0.2, 0.25) is 10.0 Å². The second-order valence-corrected chi connectivity index (χ2v) is 5.55. The lowest BCUT2D eigenvalue weighted by Gasteiger charge is -2.18. The van der Waals surface area contributed by atoms with Crippen molar-refractivity contribution in [1.29, 1.82) is 0 Å². The molecule has 1 aromatic rings. The van der Waals surface area contributed by atoms with Gasteiger partial charge in [-0.25, -0.2) is 17.9 Å². The quantitative estimate of drug-likeness (QED) is 0.400. The average Bonchev–Trinajstić information content (AvgIpc) is 2.37. The molecule has 0 heterocycles. The van der Waals surface area contributed by atoms with Gasteiger partial charge in [0, 0.05) is 17.0 Å². The summed E-state index contributed by atoms with van der Waals surface area (Å²) < 4.78 is 35.8. The monoisotopic (exact) mass is 304 g/mol. The first-order valence-corrected chi connectivity index (χ1v) is 7.01. The molecule has 0 aliphatic rings. The summed E-state index contributed by atoms with van der Waals surface area (Å²) in [7, 11) is -4.04. The van der Waals surface area contributed by atoms with Crippen molar-refractivity contribution in [1.82, 2.24) is 0 Å². The van der Waals surface area contributed by atoms with Crippen molar-refractivity contribution in [3.8, 4) is 0 Å². The molecule has 1 rings (SSSR count). The molecule has 2 atom stereocenters. The van der Waals surface area contributed by atoms with Crippen molar-refractivity contribution in [3.63, 3.8) is 0 Å². The fourth-order valence-electron chi connectivity index (χ4n) is 1.52. The van der Waals surface area contributed by atoms with E-state index in [0.717, 1.165) is 12.1 Å². The first-order chi connectivity index (χ1) is 9.27. The second kappa shape index (κ2) is 6.64. The fourth-order valence-corrected chi connectivity index (χ4v) is 2.05. The minimum absolute atomic E-state index is 0.0639. The molecule has 0 amide bonds. The van der Waals surface area contributed by atoms with Crippen LogP contribution in [0.4, 0.5) is 4.39 Å². The Labute approximate surface area is 114 Å². The van der Waals surface area contributed by atoms with Crippen LogP contribution in [-0.4, -0.2) is 31.3 Å². The zero-order valence-electron chi connectivity index (χ0n) is 10.2. The first kappa shape index (κ1) is 16.3. The molecule has 0 fully saturated rings. The molecule has 8 nitrogen and oxygen atoms in total. The van der Waals surface area contributed by atoms with Crippen LogP contribution >= 0.6 is 0 Å². The van der Waals surface area contributed by atoms with Crippen molar-refractivity contribution in [2.24, 2.45) is 10.3 Å². The van der Waals surface area contributed by atoms with Crippen molar-refractivity contribution in [3.05, 3.63) is 40.0 Å². The largest absolute Gasteiger partial charge is 0.390 e. The number of nitrogens with zero attached hydrogens (tertiary/aromatic N) is 3. The minimum Gasteiger partial charge on any atom is -0.390 e. The van der Waals surface area contributed by atoms with Gasteiger partial charge in [0.15, 0.2) is 0 Å². The smallest absolute Gasteiger partial charge is 0.238 e. The van der Waals surface area contributed by atoms with Gasteiger partial charge in [-0.3, -0.25) is 0 Å². The summed E-state index contributed by atoms with van der Waals surface area (Å²) in [5.41, 5.74) is 7.80. The van der Waals surface area contributed by atoms with E-state index in [1.54, 1.807) is 0 Å². The van der Waals surface area contributed by atoms with Crippen LogP contribution in [0.3, 0.4) is 0 Å². The Kier molecular flexibility index (Phi) is 5.43. The number of nitrogens with two attached hydrogens (primary N) is 1. The summed E-state index contributed by atoms with van der Waals surface area (Å²) in [4.78, 5) is 2.04. The number of hydrogen-bond acceptors (Lipinski definition) is 5. The summed E-state index contributed by atoms with van der Waals surface area (Å²) in [6.45, 7) is -0.0639. The number of aliphatic hydroxyl groups is 2. The Morgan fingerprint density at radius 1 is 1.45 bits per heavy atom. The Hall–Kier alpha value is -1.71. The number of hydrogen-bond donors (Lipinski definition) is 3. The molecule has 4 N–H and O–H groups in total. The van der Waals surface area contributed by atoms with E-state index in [9.17, 15) is 23.0 Å². The normalized spacial score (nSPS) is 14.4. The lowest BCUT2D eigenvalue weighted by molar-refractivity contribution is 0.0129. The van der Waals surface area contributed by atoms with Crippen molar-refractivity contribution in [2.75, 3.05) is 6.54 Å². The van der Waals surface area contributed by atoms with Crippen LogP contribution in [0, 0.1) is 5.82 Å². The maximum atomic E-state index is 13.7. The predicted octanol–water partition coefficient (Wildman–Crippen LogP) is 0.568. The summed E-state index contributed by atoms with van der Waals surface area (Å²) >= 11 is 0. The van der Waals surface area contributed by atoms with Crippen LogP contribution in [0.5, 0.6) is 0 Å². The number of primary sulfonamides is 1. The molecule has 10 heteroatoms. The van der Waals surface area contributed by atoms with E-state index in [2.05, 4.69) is 10.0 Å². The van der Waals surface area contributed by atoms with Gasteiger partial charge in [-0.1, -0.05) is 11.2 Å². The zero-order valence-corrected chi connectivity index (χ0v) is 11.0. The maximum absolute atomic E-state index is 13.7. The molecule has 0 aliphatic carbocycles. The molecule has 2 unspecified atom stereocenters. The van der Waals surface area contributed by atoms with Gasteiger partial charge in [0.25, 0.3) is 0 Å². The SMILES string of the molecule is [N-]=[N+]=NCCC(O)C(O)c1ccc(S(N)(=O)=O)cc1F. The van der Waals surface area contributed by atoms with Crippen LogP contribution in [0.2, 0.25) is 0 Å². The van der Waals surface area contributed by atoms with Crippen LogP contribution in [0.1, 0.15) is 18.1 Å². The Morgan fingerprint density at radius 2 is 2.10 bits per heavy atom. The van der Waals surface area contributed by atoms with Crippen molar-refractivity contribution < 1.29 is 23.0 Å². The summed E-state index contributed by atoms with van der Waals surface area (Å²) in [5.74, 6) is -1.01. The second-order valence-electron chi connectivity index (χ2n) is 3.98. The van der Waals surface area contributed by atoms with E-state index in [1.165, 1.54) is 0 Å². The first-order valence-electron chi connectivity index (χ1n) is 5.46. The third-order valence-corrected chi connectivity index (χ3v) is 3.48. The topological polar surface area (TPSA) is 149 Å². The third-order valence-electron chi connectivity index (χ3n) is 2.57. The predicted molar refractivity (Wildman–Crippen MR) is 67.4 cm³/mol. The van der Waals surface area contributed by atoms with Gasteiger partial charge >= 0.3 is 0 Å². The summed E-state index contributed by atoms with van der Waals surface area (Å²) in [6, 6.07) is 2.71. The van der Waals surface area contributed by atoms with Gasteiger partial charge in [-0.2, -0.15) is 0 Å². The molecule has 0 bridgehead atoms. The van der Waals surface area contributed by atoms with Crippen LogP contribution in [-0.2, 0) is 10.0 Å². The number of aliphatic hydroxyl groups excluding tert-OH is 2. The lowest BCUT2D eigenvalue weighted by atomic mass is 10.0. The molecule has 110 valence electrons. The Morgan fingerprint density at radius 3 is 2.60 bits per heavy atom. The van der Waals surface area contributed by atoms with Crippen LogP contribution < -0.4 is 5.14 Å². The molecule has 0 aromatic heterocycles. The highest BCUT2D eigenvalue weighted by molar-refractivity contribution is 7.89. The molecular formula is C10H13FN4O4S. The highest BCUT2D eigenvalue weighted by Gasteiger charge is 2.22. The van der Waals surface area contributed by atoms with Gasteiger partial charge in [0.1, 0.15) is 11.9 Å². The Bertz CT molecular complexity index is 630. The molecule has 0 saturated heterocycles. The number of azide groups is 1. The lowest BCUT2D eigenvalue weighted by Crippen LogP contribution is -2.21. The van der Waals surface area contributed by atoms with E-state index < -0.39 is 32.9 Å². The Balaban J connectivity index is 2.94. The highest BCUT2D eigenvalue weighted by Crippen LogP contribution is 2.24. The average molecular weight is 304 g/mol. The van der Waals surface area contributed by atoms with Gasteiger partial charge in [-0.05, 0) is 24.1 Å². The number of sulfonamides is 1. The molecular weight excluding hydrogens is 291 g/mol. The van der Waals surface area contributed by atoms with Crippen LogP contribution in [0.15, 0.2) is 28.2 Å². The van der Waals surface area contributed by atoms with E-state index in [0.29, 0.717) is 6.07 Å². The summed E-state index contributed by atoms with van der Waals surface area (Å²) in [6.07, 6.45) is -2.99. The molecule has 0 radical (unpaired) electrons. The van der Waals surface area contributed by atoms with Gasteiger partial charge in [0.05, 0.1) is 11.0 Å². The molecule has 0 aliphatic heterocycles. The molecule has 0 saturated carbocycles. The number of benzene rings is 1. The minimum atomic E-state index is -4.04. The van der Waals surface area contributed by atoms with E-state index in [-0.39, 0.29) is 18.5 Å². The van der Waals surface area contributed by atoms with E-state index >= 15 is 0 Å². The third kappa shape index (κ3) is 4.15. The molecule has 20 heavy (non-hydrogen) atoms. The van der Waals surface area contributed by atoms with E-state index in [1.807, 2.05) is 0 Å². The standard InChI is InChI=1S/C10H13FN4O4S/c11-8-5-6(20(13,18)19)1-2-7(8)10(17)9(16)3-4-14-15-12/h1-2,5,9-10,16-17H,3-4H2,(H2,13,18,19). The van der Waals surface area contributed by atoms with Crippen molar-refractivity contribution >= 4 is 10.0 Å². The number of rotatable bonds is 6. The van der Waals surface area contributed by atoms with Gasteiger partial charge in [-0.15, -0.1) is 0 Å². The molecule has 0 spiro atoms. The van der Waals surface area contributed by atoms with Gasteiger partial charge < -0.3 is 10.2 Å². The highest BCUT2D eigenvalue weighted by atomic mass is 32.2. The summed E-state index contributed by atoms with van der Waals surface area (Å²) in [5, 5.41) is 27.4. The fraction of sp³-hybridized carbons (Fsp3) is 0.400. The molecule has 1 aromatic carbocycles. The zero-order chi connectivity index (χ0) is 15.3.